The maximum Gasteiger partial charge on any atom is 0.320 e. The lowest BCUT2D eigenvalue weighted by atomic mass is 10.1. The van der Waals surface area contributed by atoms with E-state index in [4.69, 9.17) is 10.8 Å². The second-order valence-corrected chi connectivity index (χ2v) is 4.83. The van der Waals surface area contributed by atoms with Gasteiger partial charge in [-0.3, -0.25) is 4.79 Å². The summed E-state index contributed by atoms with van der Waals surface area (Å²) in [4.78, 5) is 10.4. The minimum absolute atomic E-state index is 0.611. The van der Waals surface area contributed by atoms with Crippen LogP contribution in [0.2, 0.25) is 0 Å². The largest absolute Gasteiger partial charge is 0.480 e. The maximum atomic E-state index is 10.4. The molecular formula is C11H23NO2S. The number of aliphatic carboxylic acids is 1. The van der Waals surface area contributed by atoms with Crippen molar-refractivity contribution in [2.45, 2.75) is 51.0 Å². The molecule has 90 valence electrons. The average Bonchev–Trinajstić information content (AvgIpc) is 2.21. The van der Waals surface area contributed by atoms with Crippen molar-refractivity contribution >= 4 is 17.7 Å². The highest BCUT2D eigenvalue weighted by atomic mass is 32.2. The van der Waals surface area contributed by atoms with E-state index in [-0.39, 0.29) is 0 Å². The fourth-order valence-corrected chi connectivity index (χ4v) is 1.93. The molecule has 0 aromatic carbocycles. The molecule has 0 saturated heterocycles. The zero-order valence-electron chi connectivity index (χ0n) is 9.58. The van der Waals surface area contributed by atoms with E-state index in [0.29, 0.717) is 6.42 Å². The van der Waals surface area contributed by atoms with Crippen LogP contribution in [-0.4, -0.2) is 29.1 Å². The lowest BCUT2D eigenvalue weighted by molar-refractivity contribution is -0.138. The van der Waals surface area contributed by atoms with E-state index in [1.54, 1.807) is 0 Å². The lowest BCUT2D eigenvalue weighted by Gasteiger charge is -2.05. The SMILES string of the molecule is CSCCCCCCCC[C@@H](N)C(=O)O. The molecule has 0 spiro atoms. The molecule has 0 rings (SSSR count). The number of hydrogen-bond acceptors (Lipinski definition) is 3. The van der Waals surface area contributed by atoms with Gasteiger partial charge in [-0.05, 0) is 24.9 Å². The first kappa shape index (κ1) is 14.8. The quantitative estimate of drug-likeness (QED) is 0.569. The minimum Gasteiger partial charge on any atom is -0.480 e. The van der Waals surface area contributed by atoms with Gasteiger partial charge < -0.3 is 10.8 Å². The van der Waals surface area contributed by atoms with Gasteiger partial charge in [0, 0.05) is 0 Å². The van der Waals surface area contributed by atoms with Gasteiger partial charge in [0.2, 0.25) is 0 Å². The summed E-state index contributed by atoms with van der Waals surface area (Å²) in [5.74, 6) is 0.374. The lowest BCUT2D eigenvalue weighted by Crippen LogP contribution is -2.29. The van der Waals surface area contributed by atoms with E-state index in [1.165, 1.54) is 31.4 Å². The van der Waals surface area contributed by atoms with E-state index < -0.39 is 12.0 Å². The number of carbonyl (C=O) groups is 1. The van der Waals surface area contributed by atoms with Crippen LogP contribution in [0.15, 0.2) is 0 Å². The summed E-state index contributed by atoms with van der Waals surface area (Å²) in [6.45, 7) is 0. The van der Waals surface area contributed by atoms with Gasteiger partial charge in [-0.25, -0.2) is 0 Å². The highest BCUT2D eigenvalue weighted by Gasteiger charge is 2.09. The number of unbranched alkanes of at least 4 members (excludes halogenated alkanes) is 5. The summed E-state index contributed by atoms with van der Waals surface area (Å²) in [7, 11) is 0. The molecule has 0 radical (unpaired) electrons. The Balaban J connectivity index is 3.08. The Bertz CT molecular complexity index is 165. The first-order chi connectivity index (χ1) is 7.18. The number of hydrogen-bond donors (Lipinski definition) is 2. The van der Waals surface area contributed by atoms with E-state index in [2.05, 4.69) is 6.26 Å². The van der Waals surface area contributed by atoms with Gasteiger partial charge in [0.1, 0.15) is 6.04 Å². The van der Waals surface area contributed by atoms with Crippen molar-refractivity contribution in [3.63, 3.8) is 0 Å². The molecule has 0 aromatic rings. The molecule has 15 heavy (non-hydrogen) atoms. The summed E-state index contributed by atoms with van der Waals surface area (Å²) >= 11 is 1.90. The Hall–Kier alpha value is -0.220. The number of carboxylic acid groups (broad SMARTS) is 1. The molecule has 0 amide bonds. The standard InChI is InChI=1S/C11H23NO2S/c1-15-9-7-5-3-2-4-6-8-10(12)11(13)14/h10H,2-9,12H2,1H3,(H,13,14)/t10-/m1/s1. The molecule has 0 bridgehead atoms. The Labute approximate surface area is 96.8 Å². The second kappa shape index (κ2) is 10.3. The molecule has 0 fully saturated rings. The summed E-state index contributed by atoms with van der Waals surface area (Å²) < 4.78 is 0. The fourth-order valence-electron chi connectivity index (χ4n) is 1.44. The third-order valence-electron chi connectivity index (χ3n) is 2.43. The van der Waals surface area contributed by atoms with Crippen LogP contribution in [0.25, 0.3) is 0 Å². The molecule has 0 aliphatic rings. The maximum absolute atomic E-state index is 10.4. The molecular weight excluding hydrogens is 210 g/mol. The number of thioether (sulfide) groups is 1. The first-order valence-corrected chi connectivity index (χ1v) is 7.05. The van der Waals surface area contributed by atoms with Crippen LogP contribution >= 0.6 is 11.8 Å². The van der Waals surface area contributed by atoms with Crippen molar-refractivity contribution in [2.75, 3.05) is 12.0 Å². The monoisotopic (exact) mass is 233 g/mol. The fraction of sp³-hybridized carbons (Fsp3) is 0.909. The first-order valence-electron chi connectivity index (χ1n) is 5.65. The van der Waals surface area contributed by atoms with Gasteiger partial charge >= 0.3 is 5.97 Å². The van der Waals surface area contributed by atoms with Gasteiger partial charge in [0.05, 0.1) is 0 Å². The molecule has 3 nitrogen and oxygen atoms in total. The Morgan fingerprint density at radius 1 is 1.20 bits per heavy atom. The van der Waals surface area contributed by atoms with E-state index in [9.17, 15) is 4.79 Å². The van der Waals surface area contributed by atoms with E-state index in [0.717, 1.165) is 12.8 Å². The molecule has 0 aliphatic heterocycles. The van der Waals surface area contributed by atoms with Crippen molar-refractivity contribution in [2.24, 2.45) is 5.73 Å². The molecule has 0 saturated carbocycles. The topological polar surface area (TPSA) is 63.3 Å². The minimum atomic E-state index is -0.880. The summed E-state index contributed by atoms with van der Waals surface area (Å²) in [5.41, 5.74) is 5.39. The van der Waals surface area contributed by atoms with Crippen LogP contribution in [0.5, 0.6) is 0 Å². The Morgan fingerprint density at radius 3 is 2.27 bits per heavy atom. The molecule has 1 atom stereocenters. The molecule has 0 unspecified atom stereocenters. The van der Waals surface area contributed by atoms with Gasteiger partial charge in [0.15, 0.2) is 0 Å². The van der Waals surface area contributed by atoms with E-state index >= 15 is 0 Å². The van der Waals surface area contributed by atoms with Crippen LogP contribution in [0.4, 0.5) is 0 Å². The van der Waals surface area contributed by atoms with Crippen LogP contribution in [0, 0.1) is 0 Å². The molecule has 0 aliphatic carbocycles. The van der Waals surface area contributed by atoms with Crippen LogP contribution in [0.1, 0.15) is 44.9 Å². The normalized spacial score (nSPS) is 12.7. The van der Waals surface area contributed by atoms with Gasteiger partial charge in [0.25, 0.3) is 0 Å². The third kappa shape index (κ3) is 10.1. The molecule has 3 N–H and O–H groups in total. The van der Waals surface area contributed by atoms with Gasteiger partial charge in [-0.1, -0.05) is 32.1 Å². The highest BCUT2D eigenvalue weighted by molar-refractivity contribution is 7.98. The van der Waals surface area contributed by atoms with Crippen LogP contribution in [-0.2, 0) is 4.79 Å². The Kier molecular flexibility index (Phi) is 10.2. The van der Waals surface area contributed by atoms with Gasteiger partial charge in [-0.2, -0.15) is 11.8 Å². The number of rotatable bonds is 10. The predicted octanol–water partition coefficient (Wildman–Crippen LogP) is 2.49. The van der Waals surface area contributed by atoms with Crippen molar-refractivity contribution in [1.29, 1.82) is 0 Å². The summed E-state index contributed by atoms with van der Waals surface area (Å²) in [6, 6.07) is -0.665. The molecule has 0 aromatic heterocycles. The van der Waals surface area contributed by atoms with Crippen molar-refractivity contribution in [1.82, 2.24) is 0 Å². The Morgan fingerprint density at radius 2 is 1.73 bits per heavy atom. The molecule has 4 heteroatoms. The zero-order valence-corrected chi connectivity index (χ0v) is 10.4. The molecule has 0 heterocycles. The van der Waals surface area contributed by atoms with E-state index in [1.807, 2.05) is 11.8 Å². The van der Waals surface area contributed by atoms with Crippen molar-refractivity contribution in [3.8, 4) is 0 Å². The number of carboxylic acids is 1. The smallest absolute Gasteiger partial charge is 0.320 e. The second-order valence-electron chi connectivity index (χ2n) is 3.85. The summed E-state index contributed by atoms with van der Waals surface area (Å²) in [6.07, 6.45) is 9.87. The van der Waals surface area contributed by atoms with Crippen molar-refractivity contribution < 1.29 is 9.90 Å². The van der Waals surface area contributed by atoms with Crippen LogP contribution in [0.3, 0.4) is 0 Å². The highest BCUT2D eigenvalue weighted by Crippen LogP contribution is 2.09. The average molecular weight is 233 g/mol. The third-order valence-corrected chi connectivity index (χ3v) is 3.13. The van der Waals surface area contributed by atoms with Crippen LogP contribution < -0.4 is 5.73 Å². The zero-order chi connectivity index (χ0) is 11.5. The predicted molar refractivity (Wildman–Crippen MR) is 66.3 cm³/mol. The van der Waals surface area contributed by atoms with Crippen molar-refractivity contribution in [3.05, 3.63) is 0 Å². The number of nitrogens with two attached hydrogens (primary N) is 1. The van der Waals surface area contributed by atoms with Gasteiger partial charge in [-0.15, -0.1) is 0 Å². The summed E-state index contributed by atoms with van der Waals surface area (Å²) in [5, 5.41) is 8.55.